The molecular weight excluding hydrogens is 250 g/mol. The zero-order chi connectivity index (χ0) is 13.5. The van der Waals surface area contributed by atoms with Gasteiger partial charge in [-0.25, -0.2) is 0 Å². The Hall–Kier alpha value is -1.06. The quantitative estimate of drug-likeness (QED) is 0.741. The third kappa shape index (κ3) is 4.31. The number of hydrogen-bond donors (Lipinski definition) is 0. The van der Waals surface area contributed by atoms with E-state index in [2.05, 4.69) is 0 Å². The number of unbranched alkanes of at least 4 members (excludes halogenated alkanes) is 1. The SMILES string of the molecule is COCCCCC(=O)N(C)c1ccc(C)c(Cl)c1. The minimum Gasteiger partial charge on any atom is -0.385 e. The Balaban J connectivity index is 2.54. The second kappa shape index (κ2) is 7.39. The molecule has 0 heterocycles. The van der Waals surface area contributed by atoms with Gasteiger partial charge in [-0.05, 0) is 37.5 Å². The molecule has 4 heteroatoms. The second-order valence-corrected chi connectivity index (χ2v) is 4.74. The monoisotopic (exact) mass is 269 g/mol. The molecule has 0 aliphatic heterocycles. The standard InChI is InChI=1S/C14H20ClNO2/c1-11-7-8-12(10-13(11)15)16(2)14(17)6-4-5-9-18-3/h7-8,10H,4-6,9H2,1-3H3. The third-order valence-corrected chi connectivity index (χ3v) is 3.31. The number of rotatable bonds is 6. The maximum Gasteiger partial charge on any atom is 0.226 e. The highest BCUT2D eigenvalue weighted by Gasteiger charge is 2.11. The Kier molecular flexibility index (Phi) is 6.16. The molecule has 0 saturated carbocycles. The Morgan fingerprint density at radius 1 is 1.39 bits per heavy atom. The Morgan fingerprint density at radius 3 is 2.72 bits per heavy atom. The first-order valence-corrected chi connectivity index (χ1v) is 6.45. The van der Waals surface area contributed by atoms with Crippen molar-refractivity contribution in [3.63, 3.8) is 0 Å². The van der Waals surface area contributed by atoms with Crippen molar-refractivity contribution in [1.82, 2.24) is 0 Å². The smallest absolute Gasteiger partial charge is 0.226 e. The normalized spacial score (nSPS) is 10.4. The van der Waals surface area contributed by atoms with Gasteiger partial charge in [0.05, 0.1) is 0 Å². The van der Waals surface area contributed by atoms with Crippen molar-refractivity contribution >= 4 is 23.2 Å². The van der Waals surface area contributed by atoms with Gasteiger partial charge in [0.25, 0.3) is 0 Å². The number of methoxy groups -OCH3 is 1. The van der Waals surface area contributed by atoms with Gasteiger partial charge >= 0.3 is 0 Å². The predicted octanol–water partition coefficient (Wildman–Crippen LogP) is 3.43. The summed E-state index contributed by atoms with van der Waals surface area (Å²) in [6, 6.07) is 5.66. The average molecular weight is 270 g/mol. The maximum absolute atomic E-state index is 11.9. The van der Waals surface area contributed by atoms with E-state index in [1.165, 1.54) is 0 Å². The molecule has 0 aromatic heterocycles. The summed E-state index contributed by atoms with van der Waals surface area (Å²) in [7, 11) is 3.45. The molecule has 0 unspecified atom stereocenters. The first-order chi connectivity index (χ1) is 8.56. The molecule has 1 aromatic rings. The maximum atomic E-state index is 11.9. The predicted molar refractivity (Wildman–Crippen MR) is 75.3 cm³/mol. The lowest BCUT2D eigenvalue weighted by atomic mass is 10.2. The highest BCUT2D eigenvalue weighted by molar-refractivity contribution is 6.31. The van der Waals surface area contributed by atoms with Crippen molar-refractivity contribution in [3.8, 4) is 0 Å². The van der Waals surface area contributed by atoms with Crippen LogP contribution in [0.15, 0.2) is 18.2 Å². The van der Waals surface area contributed by atoms with Crippen LogP contribution in [0.3, 0.4) is 0 Å². The van der Waals surface area contributed by atoms with Gasteiger partial charge in [-0.1, -0.05) is 17.7 Å². The van der Waals surface area contributed by atoms with Crippen LogP contribution in [-0.2, 0) is 9.53 Å². The molecule has 100 valence electrons. The Morgan fingerprint density at radius 2 is 2.11 bits per heavy atom. The van der Waals surface area contributed by atoms with Crippen LogP contribution >= 0.6 is 11.6 Å². The summed E-state index contributed by atoms with van der Waals surface area (Å²) in [6.07, 6.45) is 2.28. The second-order valence-electron chi connectivity index (χ2n) is 4.34. The van der Waals surface area contributed by atoms with E-state index in [0.29, 0.717) is 18.1 Å². The average Bonchev–Trinajstić information content (AvgIpc) is 2.37. The summed E-state index contributed by atoms with van der Waals surface area (Å²) in [5.74, 6) is 0.103. The number of carbonyl (C=O) groups excluding carboxylic acids is 1. The van der Waals surface area contributed by atoms with E-state index < -0.39 is 0 Å². The van der Waals surface area contributed by atoms with Crippen LogP contribution in [-0.4, -0.2) is 26.7 Å². The van der Waals surface area contributed by atoms with Gasteiger partial charge in [-0.3, -0.25) is 4.79 Å². The minimum atomic E-state index is 0.103. The molecular formula is C14H20ClNO2. The van der Waals surface area contributed by atoms with Gasteiger partial charge in [-0.15, -0.1) is 0 Å². The van der Waals surface area contributed by atoms with Crippen LogP contribution in [0.1, 0.15) is 24.8 Å². The lowest BCUT2D eigenvalue weighted by Crippen LogP contribution is -2.25. The van der Waals surface area contributed by atoms with Crippen molar-refractivity contribution in [1.29, 1.82) is 0 Å². The van der Waals surface area contributed by atoms with Crippen LogP contribution in [0.25, 0.3) is 0 Å². The number of hydrogen-bond acceptors (Lipinski definition) is 2. The fraction of sp³-hybridized carbons (Fsp3) is 0.500. The molecule has 0 saturated heterocycles. The molecule has 0 aliphatic rings. The first-order valence-electron chi connectivity index (χ1n) is 6.08. The highest BCUT2D eigenvalue weighted by atomic mass is 35.5. The van der Waals surface area contributed by atoms with Crippen LogP contribution in [0.5, 0.6) is 0 Å². The number of nitrogens with zero attached hydrogens (tertiary/aromatic N) is 1. The lowest BCUT2D eigenvalue weighted by Gasteiger charge is -2.18. The van der Waals surface area contributed by atoms with Crippen molar-refractivity contribution in [2.24, 2.45) is 0 Å². The lowest BCUT2D eigenvalue weighted by molar-refractivity contribution is -0.118. The molecule has 18 heavy (non-hydrogen) atoms. The largest absolute Gasteiger partial charge is 0.385 e. The van der Waals surface area contributed by atoms with Crippen LogP contribution in [0, 0.1) is 6.92 Å². The van der Waals surface area contributed by atoms with Gasteiger partial charge < -0.3 is 9.64 Å². The number of ether oxygens (including phenoxy) is 1. The van der Waals surface area contributed by atoms with Gasteiger partial charge in [0, 0.05) is 37.9 Å². The van der Waals surface area contributed by atoms with Crippen molar-refractivity contribution < 1.29 is 9.53 Å². The molecule has 3 nitrogen and oxygen atoms in total. The van der Waals surface area contributed by atoms with E-state index in [1.807, 2.05) is 25.1 Å². The van der Waals surface area contributed by atoms with E-state index in [9.17, 15) is 4.79 Å². The van der Waals surface area contributed by atoms with Crippen LogP contribution in [0.2, 0.25) is 5.02 Å². The third-order valence-electron chi connectivity index (χ3n) is 2.91. The zero-order valence-electron chi connectivity index (χ0n) is 11.2. The summed E-state index contributed by atoms with van der Waals surface area (Å²) in [5, 5.41) is 0.687. The van der Waals surface area contributed by atoms with E-state index in [4.69, 9.17) is 16.3 Å². The summed E-state index contributed by atoms with van der Waals surface area (Å²) in [6.45, 7) is 2.64. The first kappa shape index (κ1) is 15.0. The minimum absolute atomic E-state index is 0.103. The van der Waals surface area contributed by atoms with Gasteiger partial charge in [-0.2, -0.15) is 0 Å². The Labute approximate surface area is 114 Å². The number of anilines is 1. The van der Waals surface area contributed by atoms with Crippen molar-refractivity contribution in [2.75, 3.05) is 25.7 Å². The Bertz CT molecular complexity index is 407. The van der Waals surface area contributed by atoms with Gasteiger partial charge in [0.2, 0.25) is 5.91 Å². The molecule has 0 radical (unpaired) electrons. The molecule has 0 bridgehead atoms. The van der Waals surface area contributed by atoms with Crippen molar-refractivity contribution in [2.45, 2.75) is 26.2 Å². The fourth-order valence-electron chi connectivity index (χ4n) is 1.62. The van der Waals surface area contributed by atoms with Crippen LogP contribution in [0.4, 0.5) is 5.69 Å². The summed E-state index contributed by atoms with van der Waals surface area (Å²) in [5.41, 5.74) is 1.85. The number of halogens is 1. The summed E-state index contributed by atoms with van der Waals surface area (Å²) < 4.78 is 4.96. The fourth-order valence-corrected chi connectivity index (χ4v) is 1.80. The van der Waals surface area contributed by atoms with E-state index >= 15 is 0 Å². The summed E-state index contributed by atoms with van der Waals surface area (Å²) in [4.78, 5) is 13.6. The van der Waals surface area contributed by atoms with E-state index in [1.54, 1.807) is 19.1 Å². The molecule has 0 atom stereocenters. The number of benzene rings is 1. The molecule has 1 amide bonds. The van der Waals surface area contributed by atoms with Gasteiger partial charge in [0.1, 0.15) is 0 Å². The number of aryl methyl sites for hydroxylation is 1. The highest BCUT2D eigenvalue weighted by Crippen LogP contribution is 2.22. The number of carbonyl (C=O) groups is 1. The van der Waals surface area contributed by atoms with E-state index in [0.717, 1.165) is 24.1 Å². The summed E-state index contributed by atoms with van der Waals surface area (Å²) >= 11 is 6.05. The molecule has 1 aromatic carbocycles. The molecule has 0 fully saturated rings. The topological polar surface area (TPSA) is 29.5 Å². The number of amides is 1. The van der Waals surface area contributed by atoms with Crippen LogP contribution < -0.4 is 4.90 Å². The zero-order valence-corrected chi connectivity index (χ0v) is 12.0. The van der Waals surface area contributed by atoms with Gasteiger partial charge in [0.15, 0.2) is 0 Å². The van der Waals surface area contributed by atoms with Crippen molar-refractivity contribution in [3.05, 3.63) is 28.8 Å². The molecule has 0 spiro atoms. The molecule has 1 rings (SSSR count). The molecule has 0 N–H and O–H groups in total. The molecule has 0 aliphatic carbocycles. The van der Waals surface area contributed by atoms with E-state index in [-0.39, 0.29) is 5.91 Å².